The standard InChI is InChI=1S/C13H21NO3/c1-3-14-10-11-6-4-7-12(16-2)13(11)17-9-5-8-15/h4,6-7,14-15H,3,5,8-10H2,1-2H3. The first-order valence-electron chi connectivity index (χ1n) is 5.93. The number of nitrogens with one attached hydrogen (secondary N) is 1. The fourth-order valence-corrected chi connectivity index (χ4v) is 1.52. The van der Waals surface area contributed by atoms with E-state index < -0.39 is 0 Å². The van der Waals surface area contributed by atoms with E-state index in [2.05, 4.69) is 12.2 Å². The third kappa shape index (κ3) is 4.24. The summed E-state index contributed by atoms with van der Waals surface area (Å²) in [7, 11) is 1.63. The van der Waals surface area contributed by atoms with Crippen molar-refractivity contribution in [3.8, 4) is 11.5 Å². The van der Waals surface area contributed by atoms with Crippen molar-refractivity contribution >= 4 is 0 Å². The molecule has 17 heavy (non-hydrogen) atoms. The van der Waals surface area contributed by atoms with Crippen molar-refractivity contribution < 1.29 is 14.6 Å². The second-order valence-electron chi connectivity index (χ2n) is 3.65. The number of ether oxygens (including phenoxy) is 2. The van der Waals surface area contributed by atoms with Gasteiger partial charge in [0.05, 0.1) is 13.7 Å². The Balaban J connectivity index is 2.78. The molecule has 0 unspecified atom stereocenters. The van der Waals surface area contributed by atoms with Crippen LogP contribution in [0.25, 0.3) is 0 Å². The number of aliphatic hydroxyl groups is 1. The quantitative estimate of drug-likeness (QED) is 0.676. The van der Waals surface area contributed by atoms with Gasteiger partial charge in [0.2, 0.25) is 0 Å². The molecule has 0 radical (unpaired) electrons. The summed E-state index contributed by atoms with van der Waals surface area (Å²) in [6.07, 6.45) is 0.624. The third-order valence-corrected chi connectivity index (χ3v) is 2.39. The molecule has 0 aliphatic carbocycles. The summed E-state index contributed by atoms with van der Waals surface area (Å²) >= 11 is 0. The van der Waals surface area contributed by atoms with Gasteiger partial charge in [0.1, 0.15) is 0 Å². The lowest BCUT2D eigenvalue weighted by Crippen LogP contribution is -2.13. The maximum absolute atomic E-state index is 8.76. The van der Waals surface area contributed by atoms with Crippen LogP contribution in [-0.4, -0.2) is 32.0 Å². The molecule has 96 valence electrons. The fourth-order valence-electron chi connectivity index (χ4n) is 1.52. The molecule has 4 heteroatoms. The van der Waals surface area contributed by atoms with Crippen LogP contribution in [0.2, 0.25) is 0 Å². The zero-order valence-electron chi connectivity index (χ0n) is 10.5. The van der Waals surface area contributed by atoms with Crippen LogP contribution in [0, 0.1) is 0 Å². The third-order valence-electron chi connectivity index (χ3n) is 2.39. The van der Waals surface area contributed by atoms with Crippen LogP contribution in [0.3, 0.4) is 0 Å². The molecule has 0 aromatic heterocycles. The second-order valence-corrected chi connectivity index (χ2v) is 3.65. The number of aliphatic hydroxyl groups excluding tert-OH is 1. The Morgan fingerprint density at radius 1 is 1.35 bits per heavy atom. The van der Waals surface area contributed by atoms with Gasteiger partial charge in [-0.1, -0.05) is 19.1 Å². The van der Waals surface area contributed by atoms with Gasteiger partial charge in [-0.3, -0.25) is 0 Å². The van der Waals surface area contributed by atoms with Crippen LogP contribution in [0.4, 0.5) is 0 Å². The molecule has 1 aromatic rings. The molecule has 0 heterocycles. The van der Waals surface area contributed by atoms with E-state index in [9.17, 15) is 0 Å². The number of para-hydroxylation sites is 1. The van der Waals surface area contributed by atoms with Gasteiger partial charge in [-0.15, -0.1) is 0 Å². The maximum atomic E-state index is 8.76. The first-order chi connectivity index (χ1) is 8.33. The molecular weight excluding hydrogens is 218 g/mol. The highest BCUT2D eigenvalue weighted by molar-refractivity contribution is 5.46. The highest BCUT2D eigenvalue weighted by Gasteiger charge is 2.09. The van der Waals surface area contributed by atoms with Gasteiger partial charge >= 0.3 is 0 Å². The van der Waals surface area contributed by atoms with Crippen LogP contribution in [0.5, 0.6) is 11.5 Å². The molecule has 1 rings (SSSR count). The Hall–Kier alpha value is -1.26. The van der Waals surface area contributed by atoms with Crippen LogP contribution < -0.4 is 14.8 Å². The first-order valence-corrected chi connectivity index (χ1v) is 5.93. The van der Waals surface area contributed by atoms with Gasteiger partial charge in [-0.05, 0) is 12.6 Å². The summed E-state index contributed by atoms with van der Waals surface area (Å²) in [6, 6.07) is 5.84. The van der Waals surface area contributed by atoms with Crippen molar-refractivity contribution in [3.05, 3.63) is 23.8 Å². The van der Waals surface area contributed by atoms with Crippen molar-refractivity contribution in [2.75, 3.05) is 26.9 Å². The van der Waals surface area contributed by atoms with Gasteiger partial charge in [0.15, 0.2) is 11.5 Å². The Kier molecular flexibility index (Phi) is 6.43. The topological polar surface area (TPSA) is 50.7 Å². The molecular formula is C13H21NO3. The van der Waals surface area contributed by atoms with Crippen molar-refractivity contribution in [3.63, 3.8) is 0 Å². The highest BCUT2D eigenvalue weighted by atomic mass is 16.5. The number of rotatable bonds is 8. The lowest BCUT2D eigenvalue weighted by molar-refractivity contribution is 0.226. The normalized spacial score (nSPS) is 10.3. The first kappa shape index (κ1) is 13.8. The molecule has 0 spiro atoms. The summed E-state index contributed by atoms with van der Waals surface area (Å²) in [5, 5.41) is 12.0. The van der Waals surface area contributed by atoms with E-state index >= 15 is 0 Å². The van der Waals surface area contributed by atoms with E-state index in [-0.39, 0.29) is 6.61 Å². The zero-order chi connectivity index (χ0) is 12.5. The molecule has 0 atom stereocenters. The van der Waals surface area contributed by atoms with Gasteiger partial charge < -0.3 is 19.9 Å². The molecule has 0 aliphatic heterocycles. The van der Waals surface area contributed by atoms with Crippen molar-refractivity contribution in [1.29, 1.82) is 0 Å². The molecule has 0 amide bonds. The summed E-state index contributed by atoms with van der Waals surface area (Å²) < 4.78 is 11.0. The van der Waals surface area contributed by atoms with Crippen molar-refractivity contribution in [2.24, 2.45) is 0 Å². The molecule has 2 N–H and O–H groups in total. The SMILES string of the molecule is CCNCc1cccc(OC)c1OCCCO. The monoisotopic (exact) mass is 239 g/mol. The molecule has 0 bridgehead atoms. The summed E-state index contributed by atoms with van der Waals surface area (Å²) in [6.45, 7) is 4.36. The van der Waals surface area contributed by atoms with Gasteiger partial charge in [-0.2, -0.15) is 0 Å². The molecule has 0 saturated carbocycles. The predicted molar refractivity (Wildman–Crippen MR) is 67.6 cm³/mol. The second kappa shape index (κ2) is 7.92. The Labute approximate surface area is 103 Å². The van der Waals surface area contributed by atoms with E-state index in [1.165, 1.54) is 0 Å². The smallest absolute Gasteiger partial charge is 0.165 e. The van der Waals surface area contributed by atoms with E-state index in [1.807, 2.05) is 18.2 Å². The van der Waals surface area contributed by atoms with Gasteiger partial charge in [0, 0.05) is 25.1 Å². The van der Waals surface area contributed by atoms with Gasteiger partial charge in [0.25, 0.3) is 0 Å². The number of hydrogen-bond donors (Lipinski definition) is 2. The molecule has 0 aliphatic rings. The number of hydrogen-bond acceptors (Lipinski definition) is 4. The molecule has 4 nitrogen and oxygen atoms in total. The van der Waals surface area contributed by atoms with Crippen molar-refractivity contribution in [2.45, 2.75) is 19.9 Å². The number of methoxy groups -OCH3 is 1. The molecule has 1 aromatic carbocycles. The average molecular weight is 239 g/mol. The summed E-state index contributed by atoms with van der Waals surface area (Å²) in [5.74, 6) is 1.50. The highest BCUT2D eigenvalue weighted by Crippen LogP contribution is 2.31. The minimum Gasteiger partial charge on any atom is -0.493 e. The molecule has 0 fully saturated rings. The van der Waals surface area contributed by atoms with E-state index in [0.717, 1.165) is 30.2 Å². The Morgan fingerprint density at radius 3 is 2.82 bits per heavy atom. The van der Waals surface area contributed by atoms with Crippen molar-refractivity contribution in [1.82, 2.24) is 5.32 Å². The van der Waals surface area contributed by atoms with Crippen LogP contribution in [0.1, 0.15) is 18.9 Å². The average Bonchev–Trinajstić information content (AvgIpc) is 2.37. The predicted octanol–water partition coefficient (Wildman–Crippen LogP) is 1.57. The molecule has 0 saturated heterocycles. The number of benzene rings is 1. The van der Waals surface area contributed by atoms with E-state index in [1.54, 1.807) is 7.11 Å². The summed E-state index contributed by atoms with van der Waals surface area (Å²) in [4.78, 5) is 0. The van der Waals surface area contributed by atoms with E-state index in [0.29, 0.717) is 13.0 Å². The Bertz CT molecular complexity index is 328. The minimum absolute atomic E-state index is 0.137. The van der Waals surface area contributed by atoms with Crippen LogP contribution in [-0.2, 0) is 6.54 Å². The lowest BCUT2D eigenvalue weighted by atomic mass is 10.2. The summed E-state index contributed by atoms with van der Waals surface area (Å²) in [5.41, 5.74) is 1.07. The van der Waals surface area contributed by atoms with Gasteiger partial charge in [-0.25, -0.2) is 0 Å². The van der Waals surface area contributed by atoms with Crippen LogP contribution >= 0.6 is 0 Å². The van der Waals surface area contributed by atoms with E-state index in [4.69, 9.17) is 14.6 Å². The Morgan fingerprint density at radius 2 is 2.18 bits per heavy atom. The minimum atomic E-state index is 0.137. The maximum Gasteiger partial charge on any atom is 0.165 e. The largest absolute Gasteiger partial charge is 0.493 e. The fraction of sp³-hybridized carbons (Fsp3) is 0.538. The lowest BCUT2D eigenvalue weighted by Gasteiger charge is -2.15. The zero-order valence-corrected chi connectivity index (χ0v) is 10.5. The van der Waals surface area contributed by atoms with Crippen LogP contribution in [0.15, 0.2) is 18.2 Å².